The van der Waals surface area contributed by atoms with Gasteiger partial charge in [0.05, 0.1) is 18.9 Å². The van der Waals surface area contributed by atoms with Gasteiger partial charge in [-0.05, 0) is 47.4 Å². The Labute approximate surface area is 143 Å². The van der Waals surface area contributed by atoms with Crippen molar-refractivity contribution in [2.75, 3.05) is 7.11 Å². The Bertz CT molecular complexity index is 699. The molecule has 0 amide bonds. The third kappa shape index (κ3) is 4.72. The van der Waals surface area contributed by atoms with Crippen molar-refractivity contribution < 1.29 is 14.3 Å². The highest BCUT2D eigenvalue weighted by Gasteiger charge is 2.07. The molecule has 0 aliphatic carbocycles. The van der Waals surface area contributed by atoms with E-state index in [2.05, 4.69) is 45.0 Å². The third-order valence-corrected chi connectivity index (χ3v) is 3.97. The molecule has 0 saturated heterocycles. The molecular weight excluding hydrogens is 300 g/mol. The lowest BCUT2D eigenvalue weighted by atomic mass is 9.95. The standard InChI is InChI=1S/C21H24O3/c1-15(2)18-6-5-7-19(14-18)16(3)12-13-24-21(22)17-8-10-20(23-4)11-9-17/h5-16H,1-4H3. The number of hydrogen-bond donors (Lipinski definition) is 0. The molecule has 0 aromatic heterocycles. The number of benzene rings is 2. The third-order valence-electron chi connectivity index (χ3n) is 3.97. The molecule has 2 aromatic rings. The lowest BCUT2D eigenvalue weighted by molar-refractivity contribution is 0.0662. The van der Waals surface area contributed by atoms with Gasteiger partial charge in [-0.2, -0.15) is 0 Å². The maximum absolute atomic E-state index is 12.0. The van der Waals surface area contributed by atoms with Crippen molar-refractivity contribution >= 4 is 5.97 Å². The molecule has 1 unspecified atom stereocenters. The average molecular weight is 324 g/mol. The summed E-state index contributed by atoms with van der Waals surface area (Å²) < 4.78 is 10.3. The molecule has 0 saturated carbocycles. The molecule has 0 aliphatic heterocycles. The summed E-state index contributed by atoms with van der Waals surface area (Å²) in [4.78, 5) is 12.0. The molecule has 1 atom stereocenters. The zero-order valence-electron chi connectivity index (χ0n) is 14.7. The predicted octanol–water partition coefficient (Wildman–Crippen LogP) is 5.29. The molecule has 24 heavy (non-hydrogen) atoms. The second-order valence-corrected chi connectivity index (χ2v) is 6.08. The van der Waals surface area contributed by atoms with Gasteiger partial charge >= 0.3 is 5.97 Å². The van der Waals surface area contributed by atoms with Crippen LogP contribution in [-0.4, -0.2) is 13.1 Å². The van der Waals surface area contributed by atoms with Gasteiger partial charge in [-0.1, -0.05) is 45.0 Å². The Hall–Kier alpha value is -2.55. The molecule has 126 valence electrons. The molecule has 0 bridgehead atoms. The van der Waals surface area contributed by atoms with Gasteiger partial charge in [0, 0.05) is 5.92 Å². The molecule has 0 fully saturated rings. The molecule has 3 nitrogen and oxygen atoms in total. The number of hydrogen-bond acceptors (Lipinski definition) is 3. The Morgan fingerprint density at radius 3 is 2.29 bits per heavy atom. The van der Waals surface area contributed by atoms with Crippen LogP contribution < -0.4 is 4.74 Å². The molecule has 0 heterocycles. The number of rotatable bonds is 6. The van der Waals surface area contributed by atoms with Crippen molar-refractivity contribution in [1.82, 2.24) is 0 Å². The van der Waals surface area contributed by atoms with Crippen LogP contribution in [0.3, 0.4) is 0 Å². The zero-order chi connectivity index (χ0) is 17.5. The van der Waals surface area contributed by atoms with Gasteiger partial charge in [0.1, 0.15) is 5.75 Å². The monoisotopic (exact) mass is 324 g/mol. The minimum absolute atomic E-state index is 0.173. The lowest BCUT2D eigenvalue weighted by Gasteiger charge is -2.11. The van der Waals surface area contributed by atoms with E-state index < -0.39 is 0 Å². The van der Waals surface area contributed by atoms with E-state index in [4.69, 9.17) is 9.47 Å². The molecule has 3 heteroatoms. The summed E-state index contributed by atoms with van der Waals surface area (Å²) >= 11 is 0. The fourth-order valence-electron chi connectivity index (χ4n) is 2.33. The maximum atomic E-state index is 12.0. The van der Waals surface area contributed by atoms with Gasteiger partial charge in [0.25, 0.3) is 0 Å². The smallest absolute Gasteiger partial charge is 0.342 e. The van der Waals surface area contributed by atoms with Gasteiger partial charge in [0.2, 0.25) is 0 Å². The van der Waals surface area contributed by atoms with Crippen molar-refractivity contribution in [3.63, 3.8) is 0 Å². The summed E-state index contributed by atoms with van der Waals surface area (Å²) in [5.74, 6) is 0.999. The number of carbonyl (C=O) groups excluding carboxylic acids is 1. The molecule has 0 aliphatic rings. The molecule has 2 rings (SSSR count). The van der Waals surface area contributed by atoms with Crippen LogP contribution in [0.25, 0.3) is 0 Å². The molecule has 0 N–H and O–H groups in total. The highest BCUT2D eigenvalue weighted by atomic mass is 16.5. The van der Waals surface area contributed by atoms with Crippen molar-refractivity contribution in [2.24, 2.45) is 0 Å². The first-order valence-corrected chi connectivity index (χ1v) is 8.13. The Morgan fingerprint density at radius 1 is 1.00 bits per heavy atom. The van der Waals surface area contributed by atoms with Gasteiger partial charge in [-0.3, -0.25) is 0 Å². The predicted molar refractivity (Wildman–Crippen MR) is 96.5 cm³/mol. The van der Waals surface area contributed by atoms with E-state index in [0.717, 1.165) is 0 Å². The summed E-state index contributed by atoms with van der Waals surface area (Å²) in [7, 11) is 1.59. The quantitative estimate of drug-likeness (QED) is 0.535. The molecule has 0 radical (unpaired) electrons. The summed E-state index contributed by atoms with van der Waals surface area (Å²) in [5, 5.41) is 0. The van der Waals surface area contributed by atoms with E-state index >= 15 is 0 Å². The van der Waals surface area contributed by atoms with Crippen molar-refractivity contribution in [2.45, 2.75) is 32.6 Å². The van der Waals surface area contributed by atoms with Crippen LogP contribution in [0, 0.1) is 0 Å². The number of allylic oxidation sites excluding steroid dienone is 1. The maximum Gasteiger partial charge on any atom is 0.342 e. The van der Waals surface area contributed by atoms with Crippen LogP contribution in [0.15, 0.2) is 60.9 Å². The van der Waals surface area contributed by atoms with Crippen LogP contribution in [0.4, 0.5) is 0 Å². The second-order valence-electron chi connectivity index (χ2n) is 6.08. The highest BCUT2D eigenvalue weighted by molar-refractivity contribution is 5.89. The summed E-state index contributed by atoms with van der Waals surface area (Å²) in [5.41, 5.74) is 3.01. The van der Waals surface area contributed by atoms with Crippen molar-refractivity contribution in [3.05, 3.63) is 77.6 Å². The topological polar surface area (TPSA) is 35.5 Å². The number of carbonyl (C=O) groups is 1. The second kappa shape index (κ2) is 8.34. The molecule has 0 spiro atoms. The minimum Gasteiger partial charge on any atom is -0.497 e. The van der Waals surface area contributed by atoms with E-state index in [-0.39, 0.29) is 11.9 Å². The summed E-state index contributed by atoms with van der Waals surface area (Å²) in [6, 6.07) is 15.3. The number of methoxy groups -OCH3 is 1. The summed E-state index contributed by atoms with van der Waals surface area (Å²) in [6.07, 6.45) is 3.36. The Kier molecular flexibility index (Phi) is 6.19. The number of ether oxygens (including phenoxy) is 2. The Morgan fingerprint density at radius 2 is 1.67 bits per heavy atom. The molecular formula is C21H24O3. The van der Waals surface area contributed by atoms with Crippen LogP contribution in [0.2, 0.25) is 0 Å². The fourth-order valence-corrected chi connectivity index (χ4v) is 2.33. The first-order valence-electron chi connectivity index (χ1n) is 8.13. The first kappa shape index (κ1) is 17.8. The lowest BCUT2D eigenvalue weighted by Crippen LogP contribution is -2.01. The van der Waals surface area contributed by atoms with Crippen LogP contribution >= 0.6 is 0 Å². The van der Waals surface area contributed by atoms with Gasteiger partial charge in [-0.25, -0.2) is 4.79 Å². The SMILES string of the molecule is COc1ccc(C(=O)OC=CC(C)c2cccc(C(C)C)c2)cc1. The fraction of sp³-hybridized carbons (Fsp3) is 0.286. The van der Waals surface area contributed by atoms with E-state index in [1.54, 1.807) is 31.4 Å². The number of esters is 1. The van der Waals surface area contributed by atoms with E-state index in [0.29, 0.717) is 17.2 Å². The highest BCUT2D eigenvalue weighted by Crippen LogP contribution is 2.22. The minimum atomic E-state index is -0.378. The van der Waals surface area contributed by atoms with Crippen molar-refractivity contribution in [1.29, 1.82) is 0 Å². The van der Waals surface area contributed by atoms with Gasteiger partial charge in [-0.15, -0.1) is 0 Å². The molecule has 2 aromatic carbocycles. The van der Waals surface area contributed by atoms with Crippen LogP contribution in [0.1, 0.15) is 54.1 Å². The van der Waals surface area contributed by atoms with Gasteiger partial charge in [0.15, 0.2) is 0 Å². The van der Waals surface area contributed by atoms with E-state index in [9.17, 15) is 4.79 Å². The van der Waals surface area contributed by atoms with E-state index in [1.807, 2.05) is 6.08 Å². The normalized spacial score (nSPS) is 12.4. The van der Waals surface area contributed by atoms with Gasteiger partial charge < -0.3 is 9.47 Å². The first-order chi connectivity index (χ1) is 11.5. The Balaban J connectivity index is 1.97. The summed E-state index contributed by atoms with van der Waals surface area (Å²) in [6.45, 7) is 6.43. The van der Waals surface area contributed by atoms with Crippen molar-refractivity contribution in [3.8, 4) is 5.75 Å². The van der Waals surface area contributed by atoms with Crippen LogP contribution in [-0.2, 0) is 4.74 Å². The van der Waals surface area contributed by atoms with Crippen LogP contribution in [0.5, 0.6) is 5.75 Å². The van der Waals surface area contributed by atoms with E-state index in [1.165, 1.54) is 17.4 Å². The largest absolute Gasteiger partial charge is 0.497 e. The average Bonchev–Trinajstić information content (AvgIpc) is 2.61. The zero-order valence-corrected chi connectivity index (χ0v) is 14.7.